The zero-order valence-corrected chi connectivity index (χ0v) is 10.2. The fourth-order valence-corrected chi connectivity index (χ4v) is 1.32. The van der Waals surface area contributed by atoms with Crippen molar-refractivity contribution < 1.29 is 19.1 Å². The van der Waals surface area contributed by atoms with Gasteiger partial charge in [0, 0.05) is 27.2 Å². The monoisotopic (exact) mass is 232 g/mol. The third-order valence-corrected chi connectivity index (χ3v) is 2.30. The van der Waals surface area contributed by atoms with Crippen molar-refractivity contribution in [2.45, 2.75) is 13.0 Å². The Bertz CT molecular complexity index is 241. The molecule has 0 saturated heterocycles. The third-order valence-electron chi connectivity index (χ3n) is 2.30. The SMILES string of the molecule is COC(=O)C(C)CN(C)C(=O)C(CN)OC. The number of likely N-dealkylation sites (N-methyl/N-ethyl adjacent to an activating group) is 1. The molecule has 0 bridgehead atoms. The lowest BCUT2D eigenvalue weighted by Crippen LogP contribution is -2.44. The fraction of sp³-hybridized carbons (Fsp3) is 0.800. The summed E-state index contributed by atoms with van der Waals surface area (Å²) < 4.78 is 9.49. The highest BCUT2D eigenvalue weighted by molar-refractivity contribution is 5.81. The van der Waals surface area contributed by atoms with Crippen molar-refractivity contribution in [1.29, 1.82) is 0 Å². The minimum absolute atomic E-state index is 0.117. The summed E-state index contributed by atoms with van der Waals surface area (Å²) in [5, 5.41) is 0. The van der Waals surface area contributed by atoms with Crippen LogP contribution in [-0.4, -0.2) is 57.2 Å². The van der Waals surface area contributed by atoms with Gasteiger partial charge >= 0.3 is 5.97 Å². The van der Waals surface area contributed by atoms with Crippen molar-refractivity contribution in [2.24, 2.45) is 11.7 Å². The van der Waals surface area contributed by atoms with Crippen LogP contribution >= 0.6 is 0 Å². The van der Waals surface area contributed by atoms with Crippen LogP contribution in [0.3, 0.4) is 0 Å². The highest BCUT2D eigenvalue weighted by atomic mass is 16.5. The van der Waals surface area contributed by atoms with Crippen molar-refractivity contribution in [3.8, 4) is 0 Å². The van der Waals surface area contributed by atoms with Gasteiger partial charge in [-0.3, -0.25) is 9.59 Å². The Labute approximate surface area is 95.7 Å². The predicted molar refractivity (Wildman–Crippen MR) is 58.7 cm³/mol. The van der Waals surface area contributed by atoms with Gasteiger partial charge in [0.25, 0.3) is 5.91 Å². The van der Waals surface area contributed by atoms with Gasteiger partial charge in [0.1, 0.15) is 6.10 Å². The maximum atomic E-state index is 11.7. The predicted octanol–water partition coefficient (Wildman–Crippen LogP) is -0.772. The Hall–Kier alpha value is -1.14. The molecule has 0 aromatic heterocycles. The number of carbonyl (C=O) groups is 2. The second-order valence-electron chi connectivity index (χ2n) is 3.60. The second kappa shape index (κ2) is 7.19. The molecule has 2 unspecified atom stereocenters. The normalized spacial score (nSPS) is 14.1. The van der Waals surface area contributed by atoms with E-state index < -0.39 is 6.10 Å². The van der Waals surface area contributed by atoms with Crippen LogP contribution in [0.5, 0.6) is 0 Å². The van der Waals surface area contributed by atoms with Crippen molar-refractivity contribution in [3.05, 3.63) is 0 Å². The number of carbonyl (C=O) groups excluding carboxylic acids is 2. The summed E-state index contributed by atoms with van der Waals surface area (Å²) in [6.07, 6.45) is -0.658. The number of hydrogen-bond donors (Lipinski definition) is 1. The molecule has 0 aliphatic carbocycles. The molecule has 0 fully saturated rings. The van der Waals surface area contributed by atoms with Crippen LogP contribution in [0, 0.1) is 5.92 Å². The molecule has 0 radical (unpaired) electrons. The van der Waals surface area contributed by atoms with Gasteiger partial charge in [-0.25, -0.2) is 0 Å². The van der Waals surface area contributed by atoms with Crippen molar-refractivity contribution >= 4 is 11.9 Å². The number of amides is 1. The van der Waals surface area contributed by atoms with E-state index in [0.717, 1.165) is 0 Å². The van der Waals surface area contributed by atoms with Crippen LogP contribution in [-0.2, 0) is 19.1 Å². The van der Waals surface area contributed by atoms with Crippen LogP contribution in [0.2, 0.25) is 0 Å². The van der Waals surface area contributed by atoms with E-state index in [1.165, 1.54) is 19.1 Å². The Kier molecular flexibility index (Phi) is 6.67. The van der Waals surface area contributed by atoms with E-state index in [4.69, 9.17) is 10.5 Å². The second-order valence-corrected chi connectivity index (χ2v) is 3.60. The van der Waals surface area contributed by atoms with Crippen LogP contribution < -0.4 is 5.73 Å². The number of methoxy groups -OCH3 is 2. The number of rotatable bonds is 6. The first kappa shape index (κ1) is 14.9. The summed E-state index contributed by atoms with van der Waals surface area (Å²) in [6.45, 7) is 2.09. The number of nitrogens with two attached hydrogens (primary N) is 1. The topological polar surface area (TPSA) is 81.9 Å². The largest absolute Gasteiger partial charge is 0.469 e. The zero-order valence-electron chi connectivity index (χ0n) is 10.2. The smallest absolute Gasteiger partial charge is 0.310 e. The van der Waals surface area contributed by atoms with Gasteiger partial charge in [-0.05, 0) is 0 Å². The molecule has 0 saturated carbocycles. The molecule has 0 heterocycles. The molecular formula is C10H20N2O4. The molecule has 0 aromatic carbocycles. The molecule has 6 nitrogen and oxygen atoms in total. The van der Waals surface area contributed by atoms with Gasteiger partial charge in [0.2, 0.25) is 0 Å². The fourth-order valence-electron chi connectivity index (χ4n) is 1.32. The van der Waals surface area contributed by atoms with Gasteiger partial charge in [-0.1, -0.05) is 6.92 Å². The summed E-state index contributed by atoms with van der Waals surface area (Å²) >= 11 is 0. The number of hydrogen-bond acceptors (Lipinski definition) is 5. The highest BCUT2D eigenvalue weighted by Gasteiger charge is 2.23. The highest BCUT2D eigenvalue weighted by Crippen LogP contribution is 2.03. The third kappa shape index (κ3) is 4.16. The van der Waals surface area contributed by atoms with Crippen LogP contribution in [0.4, 0.5) is 0 Å². The average molecular weight is 232 g/mol. The van der Waals surface area contributed by atoms with Crippen molar-refractivity contribution in [2.75, 3.05) is 34.4 Å². The van der Waals surface area contributed by atoms with Crippen LogP contribution in [0.15, 0.2) is 0 Å². The summed E-state index contributed by atoms with van der Waals surface area (Å²) in [5.41, 5.74) is 5.37. The Balaban J connectivity index is 4.29. The molecule has 1 amide bonds. The molecule has 16 heavy (non-hydrogen) atoms. The number of ether oxygens (including phenoxy) is 2. The quantitative estimate of drug-likeness (QED) is 0.608. The first-order valence-electron chi connectivity index (χ1n) is 5.03. The van der Waals surface area contributed by atoms with E-state index >= 15 is 0 Å². The maximum absolute atomic E-state index is 11.7. The average Bonchev–Trinajstić information content (AvgIpc) is 2.29. The van der Waals surface area contributed by atoms with E-state index in [1.54, 1.807) is 14.0 Å². The first-order valence-corrected chi connectivity index (χ1v) is 5.03. The van der Waals surface area contributed by atoms with Gasteiger partial charge in [0.15, 0.2) is 0 Å². The summed E-state index contributed by atoms with van der Waals surface area (Å²) in [6, 6.07) is 0. The summed E-state index contributed by atoms with van der Waals surface area (Å²) in [7, 11) is 4.34. The lowest BCUT2D eigenvalue weighted by atomic mass is 10.1. The minimum Gasteiger partial charge on any atom is -0.469 e. The van der Waals surface area contributed by atoms with Crippen LogP contribution in [0.25, 0.3) is 0 Å². The van der Waals surface area contributed by atoms with Crippen LogP contribution in [0.1, 0.15) is 6.92 Å². The van der Waals surface area contributed by atoms with E-state index in [2.05, 4.69) is 4.74 Å². The molecule has 0 rings (SSSR count). The molecular weight excluding hydrogens is 212 g/mol. The van der Waals surface area contributed by atoms with E-state index in [1.807, 2.05) is 0 Å². The number of nitrogens with zero attached hydrogens (tertiary/aromatic N) is 1. The molecule has 0 spiro atoms. The minimum atomic E-state index is -0.658. The van der Waals surface area contributed by atoms with E-state index in [0.29, 0.717) is 0 Å². The standard InChI is InChI=1S/C10H20N2O4/c1-7(10(14)16-4)6-12(2)9(13)8(5-11)15-3/h7-8H,5-6,11H2,1-4H3. The van der Waals surface area contributed by atoms with Crippen molar-refractivity contribution in [1.82, 2.24) is 4.90 Å². The van der Waals surface area contributed by atoms with Gasteiger partial charge in [-0.15, -0.1) is 0 Å². The van der Waals surface area contributed by atoms with E-state index in [-0.39, 0.29) is 30.9 Å². The van der Waals surface area contributed by atoms with Gasteiger partial charge < -0.3 is 20.1 Å². The molecule has 6 heteroatoms. The molecule has 2 atom stereocenters. The Morgan fingerprint density at radius 2 is 1.94 bits per heavy atom. The Morgan fingerprint density at radius 1 is 1.38 bits per heavy atom. The summed E-state index contributed by atoms with van der Waals surface area (Å²) in [5.74, 6) is -0.948. The maximum Gasteiger partial charge on any atom is 0.310 e. The molecule has 0 aromatic rings. The molecule has 94 valence electrons. The molecule has 0 aliphatic rings. The summed E-state index contributed by atoms with van der Waals surface area (Å²) in [4.78, 5) is 24.3. The molecule has 0 aliphatic heterocycles. The molecule has 2 N–H and O–H groups in total. The first-order chi connectivity index (χ1) is 7.47. The van der Waals surface area contributed by atoms with E-state index in [9.17, 15) is 9.59 Å². The van der Waals surface area contributed by atoms with Gasteiger partial charge in [-0.2, -0.15) is 0 Å². The van der Waals surface area contributed by atoms with Crippen molar-refractivity contribution in [3.63, 3.8) is 0 Å². The lowest BCUT2D eigenvalue weighted by molar-refractivity contribution is -0.147. The Morgan fingerprint density at radius 3 is 2.31 bits per heavy atom. The van der Waals surface area contributed by atoms with Gasteiger partial charge in [0.05, 0.1) is 13.0 Å². The lowest BCUT2D eigenvalue weighted by Gasteiger charge is -2.23. The number of esters is 1. The zero-order chi connectivity index (χ0) is 12.7.